The van der Waals surface area contributed by atoms with Crippen molar-refractivity contribution in [1.82, 2.24) is 10.2 Å². The highest BCUT2D eigenvalue weighted by molar-refractivity contribution is 5.60. The number of nitro groups is 1. The third kappa shape index (κ3) is 4.69. The maximum Gasteiger partial charge on any atom is 0.276 e. The van der Waals surface area contributed by atoms with Gasteiger partial charge >= 0.3 is 0 Å². The van der Waals surface area contributed by atoms with Gasteiger partial charge in [-0.1, -0.05) is 30.7 Å². The fourth-order valence-electron chi connectivity index (χ4n) is 4.09. The summed E-state index contributed by atoms with van der Waals surface area (Å²) in [5, 5.41) is 14.6. The van der Waals surface area contributed by atoms with Crippen LogP contribution in [0.2, 0.25) is 0 Å². The zero-order valence-corrected chi connectivity index (χ0v) is 15.4. The van der Waals surface area contributed by atoms with Crippen LogP contribution in [0.15, 0.2) is 30.3 Å². The Balaban J connectivity index is 1.56. The zero-order valence-electron chi connectivity index (χ0n) is 15.4. The summed E-state index contributed by atoms with van der Waals surface area (Å²) < 4.78 is 5.60. The quantitative estimate of drug-likeness (QED) is 0.460. The van der Waals surface area contributed by atoms with E-state index >= 15 is 0 Å². The molecule has 26 heavy (non-hydrogen) atoms. The van der Waals surface area contributed by atoms with E-state index in [0.717, 1.165) is 32.6 Å². The highest BCUT2D eigenvalue weighted by Crippen LogP contribution is 2.30. The molecule has 3 rings (SSSR count). The lowest BCUT2D eigenvalue weighted by molar-refractivity contribution is -0.385. The second-order valence-electron chi connectivity index (χ2n) is 7.23. The summed E-state index contributed by atoms with van der Waals surface area (Å²) in [4.78, 5) is 13.4. The second kappa shape index (κ2) is 9.26. The molecule has 2 aliphatic heterocycles. The standard InChI is InChI=1S/C20H29N3O3/c24-23(25)19-9-3-2-7-18(19)8-6-12-21-17-20(10-15-26-16-11-20)22-13-4-1-5-14-22/h2-3,6-9,21H,1,4-5,10-17H2/b8-6+. The first kappa shape index (κ1) is 19.0. The first-order chi connectivity index (χ1) is 12.7. The molecule has 0 bridgehead atoms. The van der Waals surface area contributed by atoms with Crippen molar-refractivity contribution in [2.24, 2.45) is 0 Å². The van der Waals surface area contributed by atoms with Gasteiger partial charge in [-0.05, 0) is 44.8 Å². The van der Waals surface area contributed by atoms with E-state index in [0.29, 0.717) is 12.1 Å². The number of hydrogen-bond donors (Lipinski definition) is 1. The molecule has 142 valence electrons. The molecule has 2 heterocycles. The fraction of sp³-hybridized carbons (Fsp3) is 0.600. The minimum Gasteiger partial charge on any atom is -0.381 e. The van der Waals surface area contributed by atoms with Crippen LogP contribution in [-0.4, -0.2) is 54.8 Å². The van der Waals surface area contributed by atoms with E-state index in [4.69, 9.17) is 4.74 Å². The summed E-state index contributed by atoms with van der Waals surface area (Å²) in [5.74, 6) is 0. The number of nitrogens with one attached hydrogen (secondary N) is 1. The molecule has 0 radical (unpaired) electrons. The van der Waals surface area contributed by atoms with Crippen molar-refractivity contribution in [3.8, 4) is 0 Å². The average molecular weight is 359 g/mol. The molecule has 0 aromatic heterocycles. The molecule has 1 aromatic carbocycles. The molecule has 1 N–H and O–H groups in total. The van der Waals surface area contributed by atoms with Crippen LogP contribution in [0.5, 0.6) is 0 Å². The molecule has 0 amide bonds. The van der Waals surface area contributed by atoms with Crippen LogP contribution in [0.1, 0.15) is 37.7 Å². The highest BCUT2D eigenvalue weighted by Gasteiger charge is 2.38. The molecule has 0 saturated carbocycles. The number of nitrogens with zero attached hydrogens (tertiary/aromatic N) is 2. The summed E-state index contributed by atoms with van der Waals surface area (Å²) >= 11 is 0. The smallest absolute Gasteiger partial charge is 0.276 e. The number of hydrogen-bond acceptors (Lipinski definition) is 5. The Morgan fingerprint density at radius 2 is 1.92 bits per heavy atom. The Hall–Kier alpha value is -1.76. The summed E-state index contributed by atoms with van der Waals surface area (Å²) in [6.07, 6.45) is 9.89. The zero-order chi connectivity index (χ0) is 18.2. The minimum atomic E-state index is -0.333. The van der Waals surface area contributed by atoms with Gasteiger partial charge in [0, 0.05) is 37.9 Å². The molecule has 0 atom stereocenters. The molecule has 0 unspecified atom stereocenters. The Morgan fingerprint density at radius 1 is 1.19 bits per heavy atom. The largest absolute Gasteiger partial charge is 0.381 e. The van der Waals surface area contributed by atoms with E-state index in [1.54, 1.807) is 18.2 Å². The normalized spacial score (nSPS) is 21.1. The van der Waals surface area contributed by atoms with Crippen LogP contribution in [0.3, 0.4) is 0 Å². The molecular weight excluding hydrogens is 330 g/mol. The van der Waals surface area contributed by atoms with Crippen molar-refractivity contribution in [1.29, 1.82) is 0 Å². The van der Waals surface area contributed by atoms with Gasteiger partial charge in [-0.2, -0.15) is 0 Å². The van der Waals surface area contributed by atoms with Crippen molar-refractivity contribution in [2.45, 2.75) is 37.6 Å². The number of rotatable bonds is 7. The lowest BCUT2D eigenvalue weighted by Gasteiger charge is -2.48. The van der Waals surface area contributed by atoms with Crippen LogP contribution in [-0.2, 0) is 4.74 Å². The Morgan fingerprint density at radius 3 is 2.65 bits per heavy atom. The van der Waals surface area contributed by atoms with Crippen LogP contribution in [0.4, 0.5) is 5.69 Å². The van der Waals surface area contributed by atoms with Crippen molar-refractivity contribution in [3.05, 3.63) is 46.0 Å². The van der Waals surface area contributed by atoms with Crippen molar-refractivity contribution in [3.63, 3.8) is 0 Å². The van der Waals surface area contributed by atoms with Gasteiger partial charge in [0.05, 0.1) is 10.5 Å². The van der Waals surface area contributed by atoms with Crippen molar-refractivity contribution in [2.75, 3.05) is 39.4 Å². The average Bonchev–Trinajstić information content (AvgIpc) is 2.69. The number of para-hydroxylation sites is 1. The van der Waals surface area contributed by atoms with Gasteiger partial charge in [-0.25, -0.2) is 0 Å². The molecule has 6 heteroatoms. The number of ether oxygens (including phenoxy) is 1. The predicted octanol–water partition coefficient (Wildman–Crippen LogP) is 3.23. The molecule has 2 fully saturated rings. The monoisotopic (exact) mass is 359 g/mol. The maximum absolute atomic E-state index is 11.1. The number of likely N-dealkylation sites (tertiary alicyclic amines) is 1. The Labute approximate surface area is 155 Å². The topological polar surface area (TPSA) is 67.6 Å². The minimum absolute atomic E-state index is 0.151. The number of piperidine rings is 1. The lowest BCUT2D eigenvalue weighted by Crippen LogP contribution is -2.59. The van der Waals surface area contributed by atoms with Gasteiger partial charge in [-0.15, -0.1) is 0 Å². The summed E-state index contributed by atoms with van der Waals surface area (Å²) in [6, 6.07) is 6.84. The van der Waals surface area contributed by atoms with E-state index in [1.165, 1.54) is 32.4 Å². The molecular formula is C20H29N3O3. The molecule has 6 nitrogen and oxygen atoms in total. The molecule has 2 saturated heterocycles. The first-order valence-corrected chi connectivity index (χ1v) is 9.65. The summed E-state index contributed by atoms with van der Waals surface area (Å²) in [5.41, 5.74) is 1.000. The van der Waals surface area contributed by atoms with E-state index in [9.17, 15) is 10.1 Å². The van der Waals surface area contributed by atoms with Crippen LogP contribution in [0.25, 0.3) is 6.08 Å². The highest BCUT2D eigenvalue weighted by atomic mass is 16.6. The second-order valence-corrected chi connectivity index (χ2v) is 7.23. The van der Waals surface area contributed by atoms with Crippen LogP contribution >= 0.6 is 0 Å². The molecule has 0 aliphatic carbocycles. The summed E-state index contributed by atoms with van der Waals surface area (Å²) in [7, 11) is 0. The van der Waals surface area contributed by atoms with Gasteiger partial charge in [-0.3, -0.25) is 15.0 Å². The third-order valence-corrected chi connectivity index (χ3v) is 5.60. The van der Waals surface area contributed by atoms with Crippen molar-refractivity contribution >= 4 is 11.8 Å². The fourth-order valence-corrected chi connectivity index (χ4v) is 4.09. The van der Waals surface area contributed by atoms with E-state index in [1.807, 2.05) is 18.2 Å². The Kier molecular flexibility index (Phi) is 6.77. The van der Waals surface area contributed by atoms with E-state index in [-0.39, 0.29) is 16.1 Å². The number of nitro benzene ring substituents is 1. The molecule has 1 aromatic rings. The van der Waals surface area contributed by atoms with Gasteiger partial charge < -0.3 is 10.1 Å². The van der Waals surface area contributed by atoms with E-state index < -0.39 is 0 Å². The van der Waals surface area contributed by atoms with Gasteiger partial charge in [0.2, 0.25) is 0 Å². The predicted molar refractivity (Wildman–Crippen MR) is 103 cm³/mol. The third-order valence-electron chi connectivity index (χ3n) is 5.60. The SMILES string of the molecule is O=[N+]([O-])c1ccccc1/C=C/CNCC1(N2CCCCC2)CCOCC1. The van der Waals surface area contributed by atoms with Crippen molar-refractivity contribution < 1.29 is 9.66 Å². The molecule has 0 spiro atoms. The summed E-state index contributed by atoms with van der Waals surface area (Å²) in [6.45, 7) is 5.70. The first-order valence-electron chi connectivity index (χ1n) is 9.65. The van der Waals surface area contributed by atoms with Crippen LogP contribution < -0.4 is 5.32 Å². The van der Waals surface area contributed by atoms with Gasteiger partial charge in [0.1, 0.15) is 0 Å². The Bertz CT molecular complexity index is 620. The van der Waals surface area contributed by atoms with Gasteiger partial charge in [0.15, 0.2) is 0 Å². The number of benzene rings is 1. The maximum atomic E-state index is 11.1. The van der Waals surface area contributed by atoms with E-state index in [2.05, 4.69) is 10.2 Å². The van der Waals surface area contributed by atoms with Gasteiger partial charge in [0.25, 0.3) is 5.69 Å². The molecule has 2 aliphatic rings. The lowest BCUT2D eigenvalue weighted by atomic mass is 9.86. The van der Waals surface area contributed by atoms with Crippen LogP contribution in [0, 0.1) is 10.1 Å².